The van der Waals surface area contributed by atoms with Gasteiger partial charge in [0.2, 0.25) is 0 Å². The molecule has 1 N–H and O–H groups in total. The zero-order valence-electron chi connectivity index (χ0n) is 16.3. The summed E-state index contributed by atoms with van der Waals surface area (Å²) in [4.78, 5) is 11.6. The van der Waals surface area contributed by atoms with Crippen LogP contribution in [0.3, 0.4) is 0 Å². The van der Waals surface area contributed by atoms with Gasteiger partial charge >= 0.3 is 5.97 Å². The highest BCUT2D eigenvalue weighted by molar-refractivity contribution is 5.66. The smallest absolute Gasteiger partial charge is 0.302 e. The fourth-order valence-corrected chi connectivity index (χ4v) is 7.99. The first-order valence-corrected chi connectivity index (χ1v) is 10.7. The Bertz CT molecular complexity index is 531. The van der Waals surface area contributed by atoms with Crippen molar-refractivity contribution in [2.45, 2.75) is 84.7 Å². The molecule has 0 amide bonds. The lowest BCUT2D eigenvalue weighted by Gasteiger charge is -2.61. The molecular formula is C22H36O3. The molecule has 0 spiro atoms. The monoisotopic (exact) mass is 348 g/mol. The average Bonchev–Trinajstić information content (AvgIpc) is 2.90. The van der Waals surface area contributed by atoms with Crippen LogP contribution in [0.1, 0.15) is 78.6 Å². The minimum absolute atomic E-state index is 0.109. The second kappa shape index (κ2) is 6.25. The maximum absolute atomic E-state index is 11.6. The van der Waals surface area contributed by atoms with Crippen LogP contribution in [-0.4, -0.2) is 23.8 Å². The number of hydrogen-bond donors (Lipinski definition) is 1. The molecule has 0 aliphatic heterocycles. The Hall–Kier alpha value is -0.570. The standard InChI is InChI=1S/C22H36O3/c1-14(24)25-20-9-8-18-17-7-6-16-5-4-15(13-23)12-22(16,3)19(17)10-11-21(18,20)2/h15-20,23H,4-13H2,1-3H3/t15-,16-,17+,18+,19+,20+,21+,22+/m1/s1. The first-order chi connectivity index (χ1) is 11.9. The summed E-state index contributed by atoms with van der Waals surface area (Å²) in [6.07, 6.45) is 11.5. The maximum atomic E-state index is 11.6. The van der Waals surface area contributed by atoms with Gasteiger partial charge in [0.05, 0.1) is 0 Å². The van der Waals surface area contributed by atoms with Crippen LogP contribution >= 0.6 is 0 Å². The average molecular weight is 349 g/mol. The molecule has 0 heterocycles. The van der Waals surface area contributed by atoms with Gasteiger partial charge in [0.15, 0.2) is 0 Å². The van der Waals surface area contributed by atoms with E-state index in [1.807, 2.05) is 0 Å². The summed E-state index contributed by atoms with van der Waals surface area (Å²) in [7, 11) is 0. The number of carbonyl (C=O) groups is 1. The van der Waals surface area contributed by atoms with Crippen LogP contribution in [0.2, 0.25) is 0 Å². The van der Waals surface area contributed by atoms with Crippen LogP contribution in [0.4, 0.5) is 0 Å². The van der Waals surface area contributed by atoms with Gasteiger partial charge in [-0.2, -0.15) is 0 Å². The highest BCUT2D eigenvalue weighted by Crippen LogP contribution is 2.66. The van der Waals surface area contributed by atoms with E-state index in [1.165, 1.54) is 51.4 Å². The molecule has 0 aromatic heterocycles. The van der Waals surface area contributed by atoms with E-state index in [0.29, 0.717) is 17.9 Å². The van der Waals surface area contributed by atoms with E-state index in [0.717, 1.165) is 30.1 Å². The van der Waals surface area contributed by atoms with E-state index in [-0.39, 0.29) is 17.5 Å². The number of esters is 1. The summed E-state index contributed by atoms with van der Waals surface area (Å²) < 4.78 is 5.76. The maximum Gasteiger partial charge on any atom is 0.302 e. The van der Waals surface area contributed by atoms with Gasteiger partial charge in [-0.3, -0.25) is 4.79 Å². The minimum atomic E-state index is -0.109. The molecule has 4 fully saturated rings. The van der Waals surface area contributed by atoms with Crippen LogP contribution in [-0.2, 0) is 9.53 Å². The molecule has 4 aliphatic carbocycles. The number of hydrogen-bond acceptors (Lipinski definition) is 3. The van der Waals surface area contributed by atoms with Gasteiger partial charge in [0, 0.05) is 18.9 Å². The Kier molecular flexibility index (Phi) is 4.46. The predicted octanol–water partition coefficient (Wildman–Crippen LogP) is 4.57. The zero-order valence-corrected chi connectivity index (χ0v) is 16.3. The summed E-state index contributed by atoms with van der Waals surface area (Å²) in [6, 6.07) is 0. The molecule has 4 rings (SSSR count). The lowest BCUT2D eigenvalue weighted by atomic mass is 9.44. The minimum Gasteiger partial charge on any atom is -0.462 e. The third-order valence-corrected chi connectivity index (χ3v) is 9.20. The van der Waals surface area contributed by atoms with Crippen LogP contribution in [0.5, 0.6) is 0 Å². The summed E-state index contributed by atoms with van der Waals surface area (Å²) in [5, 5.41) is 9.75. The number of aliphatic hydroxyl groups is 1. The van der Waals surface area contributed by atoms with Gasteiger partial charge in [-0.1, -0.05) is 13.8 Å². The fraction of sp³-hybridized carbons (Fsp3) is 0.955. The van der Waals surface area contributed by atoms with Crippen molar-refractivity contribution in [3.63, 3.8) is 0 Å². The zero-order chi connectivity index (χ0) is 17.8. The predicted molar refractivity (Wildman–Crippen MR) is 97.9 cm³/mol. The van der Waals surface area contributed by atoms with Crippen molar-refractivity contribution >= 4 is 5.97 Å². The van der Waals surface area contributed by atoms with Crippen LogP contribution in [0.25, 0.3) is 0 Å². The molecule has 0 bridgehead atoms. The van der Waals surface area contributed by atoms with Gasteiger partial charge in [-0.15, -0.1) is 0 Å². The second-order valence-corrected chi connectivity index (χ2v) is 10.2. The molecule has 3 nitrogen and oxygen atoms in total. The topological polar surface area (TPSA) is 46.5 Å². The number of rotatable bonds is 2. The summed E-state index contributed by atoms with van der Waals surface area (Å²) in [5.74, 6) is 3.62. The quantitative estimate of drug-likeness (QED) is 0.744. The molecule has 0 saturated heterocycles. The second-order valence-electron chi connectivity index (χ2n) is 10.2. The van der Waals surface area contributed by atoms with E-state index in [9.17, 15) is 9.90 Å². The lowest BCUT2D eigenvalue weighted by Crippen LogP contribution is -2.54. The first-order valence-electron chi connectivity index (χ1n) is 10.7. The molecule has 3 heteroatoms. The fourth-order valence-electron chi connectivity index (χ4n) is 7.99. The number of ether oxygens (including phenoxy) is 1. The Balaban J connectivity index is 1.58. The van der Waals surface area contributed by atoms with Crippen LogP contribution in [0.15, 0.2) is 0 Å². The lowest BCUT2D eigenvalue weighted by molar-refractivity contribution is -0.162. The Morgan fingerprint density at radius 2 is 1.72 bits per heavy atom. The normalized spacial score (nSPS) is 52.0. The van der Waals surface area contributed by atoms with Crippen LogP contribution in [0, 0.1) is 40.4 Å². The molecule has 4 aliphatic rings. The largest absolute Gasteiger partial charge is 0.462 e. The van der Waals surface area contributed by atoms with Gasteiger partial charge in [-0.25, -0.2) is 0 Å². The van der Waals surface area contributed by atoms with Gasteiger partial charge < -0.3 is 9.84 Å². The third-order valence-electron chi connectivity index (χ3n) is 9.20. The molecule has 0 aromatic rings. The van der Waals surface area contributed by atoms with Crippen molar-refractivity contribution in [3.8, 4) is 0 Å². The number of carbonyl (C=O) groups excluding carboxylic acids is 1. The molecule has 8 atom stereocenters. The molecule has 0 unspecified atom stereocenters. The van der Waals surface area contributed by atoms with Gasteiger partial charge in [-0.05, 0) is 92.8 Å². The summed E-state index contributed by atoms with van der Waals surface area (Å²) >= 11 is 0. The summed E-state index contributed by atoms with van der Waals surface area (Å²) in [5.41, 5.74) is 0.622. The van der Waals surface area contributed by atoms with E-state index in [4.69, 9.17) is 4.74 Å². The van der Waals surface area contributed by atoms with Crippen molar-refractivity contribution in [2.75, 3.05) is 6.61 Å². The van der Waals surface area contributed by atoms with Gasteiger partial charge in [0.1, 0.15) is 6.10 Å². The van der Waals surface area contributed by atoms with Crippen LogP contribution < -0.4 is 0 Å². The molecular weight excluding hydrogens is 312 g/mol. The highest BCUT2D eigenvalue weighted by Gasteiger charge is 2.61. The SMILES string of the molecule is CC(=O)O[C@H]1CC[C@H]2[C@@H]3CC[C@H]4CC[C@@H](CO)C[C@]4(C)[C@H]3CC[C@]12C. The van der Waals surface area contributed by atoms with Crippen molar-refractivity contribution < 1.29 is 14.6 Å². The Labute approximate surface area is 152 Å². The molecule has 142 valence electrons. The van der Waals surface area contributed by atoms with Crippen molar-refractivity contribution in [2.24, 2.45) is 40.4 Å². The highest BCUT2D eigenvalue weighted by atomic mass is 16.5. The van der Waals surface area contributed by atoms with Crippen molar-refractivity contribution in [3.05, 3.63) is 0 Å². The van der Waals surface area contributed by atoms with Gasteiger partial charge in [0.25, 0.3) is 0 Å². The molecule has 0 radical (unpaired) electrons. The third kappa shape index (κ3) is 2.67. The Morgan fingerprint density at radius 3 is 2.44 bits per heavy atom. The van der Waals surface area contributed by atoms with Crippen molar-refractivity contribution in [1.29, 1.82) is 0 Å². The van der Waals surface area contributed by atoms with E-state index >= 15 is 0 Å². The van der Waals surface area contributed by atoms with E-state index in [1.54, 1.807) is 6.92 Å². The van der Waals surface area contributed by atoms with E-state index in [2.05, 4.69) is 13.8 Å². The van der Waals surface area contributed by atoms with E-state index < -0.39 is 0 Å². The number of fused-ring (bicyclic) bond motifs is 5. The first kappa shape index (κ1) is 17.8. The molecule has 25 heavy (non-hydrogen) atoms. The molecule has 0 aromatic carbocycles. The summed E-state index contributed by atoms with van der Waals surface area (Å²) in [6.45, 7) is 6.89. The van der Waals surface area contributed by atoms with Crippen molar-refractivity contribution in [1.82, 2.24) is 0 Å². The molecule has 4 saturated carbocycles. The Morgan fingerprint density at radius 1 is 1.00 bits per heavy atom. The number of aliphatic hydroxyl groups excluding tert-OH is 1.